The number of rotatable bonds is 2. The Labute approximate surface area is 42.8 Å². The van der Waals surface area contributed by atoms with Crippen molar-refractivity contribution < 1.29 is 5.11 Å². The Bertz CT molecular complexity index is 26.7. The topological polar surface area (TPSA) is 20.2 Å². The van der Waals surface area contributed by atoms with Gasteiger partial charge in [0.05, 0.1) is 6.61 Å². The maximum absolute atomic E-state index is 8.31. The Kier molecular flexibility index (Phi) is 3.68. The van der Waals surface area contributed by atoms with Crippen molar-refractivity contribution in [1.82, 2.24) is 0 Å². The van der Waals surface area contributed by atoms with Crippen LogP contribution in [0.5, 0.6) is 0 Å². The number of aliphatic hydroxyl groups excluding tert-OH is 1. The highest BCUT2D eigenvalue weighted by atomic mass is 32.2. The normalized spacial score (nSPS) is 14.5. The molecule has 0 saturated heterocycles. The van der Waals surface area contributed by atoms with Gasteiger partial charge in [-0.2, -0.15) is 11.8 Å². The summed E-state index contributed by atoms with van der Waals surface area (Å²) in [5.74, 6) is 0. The van der Waals surface area contributed by atoms with Gasteiger partial charge in [-0.1, -0.05) is 6.92 Å². The molecule has 0 aromatic heterocycles. The molecule has 0 radical (unpaired) electrons. The fourth-order valence-electron chi connectivity index (χ4n) is 0.0745. The van der Waals surface area contributed by atoms with Crippen LogP contribution in [-0.2, 0) is 0 Å². The summed E-state index contributed by atoms with van der Waals surface area (Å²) in [4.78, 5) is 0. The van der Waals surface area contributed by atoms with E-state index in [2.05, 4.69) is 0 Å². The number of hydrogen-bond acceptors (Lipinski definition) is 2. The van der Waals surface area contributed by atoms with Crippen LogP contribution in [0.15, 0.2) is 0 Å². The van der Waals surface area contributed by atoms with Crippen LogP contribution < -0.4 is 0 Å². The molecule has 1 atom stereocenters. The van der Waals surface area contributed by atoms with Crippen LogP contribution in [0.2, 0.25) is 0 Å². The zero-order valence-electron chi connectivity index (χ0n) is 4.14. The van der Waals surface area contributed by atoms with Crippen molar-refractivity contribution >= 4 is 11.8 Å². The van der Waals surface area contributed by atoms with E-state index in [1.807, 2.05) is 13.2 Å². The second-order valence-electron chi connectivity index (χ2n) is 1.23. The first-order chi connectivity index (χ1) is 2.81. The maximum Gasteiger partial charge on any atom is 0.0547 e. The Hall–Kier alpha value is 0.310. The molecule has 0 spiro atoms. The highest BCUT2D eigenvalue weighted by molar-refractivity contribution is 7.99. The monoisotopic (exact) mass is 106 g/mol. The highest BCUT2D eigenvalue weighted by Gasteiger charge is 1.90. The molecule has 0 aromatic rings. The molecule has 0 unspecified atom stereocenters. The first-order valence-corrected chi connectivity index (χ1v) is 3.23. The van der Waals surface area contributed by atoms with Gasteiger partial charge in [-0.15, -0.1) is 0 Å². The minimum absolute atomic E-state index is 0.293. The van der Waals surface area contributed by atoms with Crippen molar-refractivity contribution in [2.75, 3.05) is 12.9 Å². The Morgan fingerprint density at radius 1 is 1.83 bits per heavy atom. The summed E-state index contributed by atoms with van der Waals surface area (Å²) < 4.78 is 0. The second kappa shape index (κ2) is 3.50. The van der Waals surface area contributed by atoms with Gasteiger partial charge >= 0.3 is 0 Å². The molecule has 0 fully saturated rings. The van der Waals surface area contributed by atoms with Crippen LogP contribution in [0.3, 0.4) is 0 Å². The van der Waals surface area contributed by atoms with Crippen molar-refractivity contribution in [2.45, 2.75) is 12.2 Å². The largest absolute Gasteiger partial charge is 0.395 e. The Balaban J connectivity index is 2.75. The van der Waals surface area contributed by atoms with E-state index < -0.39 is 0 Å². The van der Waals surface area contributed by atoms with E-state index in [9.17, 15) is 0 Å². The molecule has 1 nitrogen and oxygen atoms in total. The lowest BCUT2D eigenvalue weighted by molar-refractivity contribution is 0.300. The SMILES string of the molecule is CS[C@@H](C)CO. The van der Waals surface area contributed by atoms with E-state index in [0.29, 0.717) is 11.9 Å². The van der Waals surface area contributed by atoms with Gasteiger partial charge in [-0.25, -0.2) is 0 Å². The molecule has 0 aliphatic rings. The Morgan fingerprint density at radius 3 is 2.33 bits per heavy atom. The molecule has 0 amide bonds. The van der Waals surface area contributed by atoms with Crippen molar-refractivity contribution in [3.05, 3.63) is 0 Å². The third-order valence-electron chi connectivity index (χ3n) is 0.659. The zero-order chi connectivity index (χ0) is 4.99. The van der Waals surface area contributed by atoms with E-state index >= 15 is 0 Å². The smallest absolute Gasteiger partial charge is 0.0547 e. The lowest BCUT2D eigenvalue weighted by atomic mass is 10.5. The molecular weight excluding hydrogens is 96.1 g/mol. The van der Waals surface area contributed by atoms with E-state index in [0.717, 1.165) is 0 Å². The van der Waals surface area contributed by atoms with Gasteiger partial charge in [-0.05, 0) is 6.26 Å². The molecule has 0 heterocycles. The zero-order valence-corrected chi connectivity index (χ0v) is 4.96. The average molecular weight is 106 g/mol. The van der Waals surface area contributed by atoms with E-state index in [-0.39, 0.29) is 0 Å². The molecule has 0 aliphatic carbocycles. The summed E-state index contributed by atoms with van der Waals surface area (Å²) in [5.41, 5.74) is 0. The molecular formula is C4H10OS. The van der Waals surface area contributed by atoms with E-state index in [4.69, 9.17) is 5.11 Å². The summed E-state index contributed by atoms with van der Waals surface area (Å²) in [6.07, 6.45) is 1.99. The van der Waals surface area contributed by atoms with Crippen LogP contribution in [0.1, 0.15) is 6.92 Å². The van der Waals surface area contributed by atoms with Crippen LogP contribution in [0.4, 0.5) is 0 Å². The number of aliphatic hydroxyl groups is 1. The van der Waals surface area contributed by atoms with Gasteiger partial charge in [0.1, 0.15) is 0 Å². The van der Waals surface area contributed by atoms with Crippen molar-refractivity contribution in [3.63, 3.8) is 0 Å². The summed E-state index contributed by atoms with van der Waals surface area (Å²) >= 11 is 1.67. The van der Waals surface area contributed by atoms with E-state index in [1.54, 1.807) is 11.8 Å². The number of hydrogen-bond donors (Lipinski definition) is 1. The van der Waals surface area contributed by atoms with Crippen molar-refractivity contribution in [2.24, 2.45) is 0 Å². The molecule has 6 heavy (non-hydrogen) atoms. The fraction of sp³-hybridized carbons (Fsp3) is 1.00. The lowest BCUT2D eigenvalue weighted by Gasteiger charge is -1.98. The molecule has 0 rings (SSSR count). The Morgan fingerprint density at radius 2 is 2.33 bits per heavy atom. The van der Waals surface area contributed by atoms with Gasteiger partial charge in [0.25, 0.3) is 0 Å². The summed E-state index contributed by atoms with van der Waals surface area (Å²) in [5, 5.41) is 8.72. The van der Waals surface area contributed by atoms with Crippen LogP contribution >= 0.6 is 11.8 Å². The minimum atomic E-state index is 0.293. The quantitative estimate of drug-likeness (QED) is 0.560. The third kappa shape index (κ3) is 2.54. The predicted molar refractivity (Wildman–Crippen MR) is 30.1 cm³/mol. The summed E-state index contributed by atoms with van der Waals surface area (Å²) in [7, 11) is 0. The van der Waals surface area contributed by atoms with Gasteiger partial charge in [0.15, 0.2) is 0 Å². The van der Waals surface area contributed by atoms with Crippen LogP contribution in [-0.4, -0.2) is 23.2 Å². The maximum atomic E-state index is 8.31. The minimum Gasteiger partial charge on any atom is -0.395 e. The average Bonchev–Trinajstić information content (AvgIpc) is 1.65. The molecule has 38 valence electrons. The van der Waals surface area contributed by atoms with Gasteiger partial charge in [-0.3, -0.25) is 0 Å². The first-order valence-electron chi connectivity index (χ1n) is 1.95. The van der Waals surface area contributed by atoms with E-state index in [1.165, 1.54) is 0 Å². The molecule has 0 bridgehead atoms. The predicted octanol–water partition coefficient (Wildman–Crippen LogP) is 0.730. The summed E-state index contributed by atoms with van der Waals surface area (Å²) in [6, 6.07) is 0. The van der Waals surface area contributed by atoms with Crippen molar-refractivity contribution in [3.8, 4) is 0 Å². The second-order valence-corrected chi connectivity index (χ2v) is 2.51. The van der Waals surface area contributed by atoms with Crippen LogP contribution in [0.25, 0.3) is 0 Å². The number of thioether (sulfide) groups is 1. The highest BCUT2D eigenvalue weighted by Crippen LogP contribution is 2.01. The lowest BCUT2D eigenvalue weighted by Crippen LogP contribution is -1.99. The third-order valence-corrected chi connectivity index (χ3v) is 1.61. The van der Waals surface area contributed by atoms with Gasteiger partial charge < -0.3 is 5.11 Å². The van der Waals surface area contributed by atoms with Gasteiger partial charge in [0, 0.05) is 5.25 Å². The molecule has 2 heteroatoms. The standard InChI is InChI=1S/C4H10OS/c1-4(3-5)6-2/h4-5H,3H2,1-2H3/t4-/m0/s1. The molecule has 0 saturated carbocycles. The molecule has 0 aromatic carbocycles. The van der Waals surface area contributed by atoms with Crippen LogP contribution in [0, 0.1) is 0 Å². The van der Waals surface area contributed by atoms with Gasteiger partial charge in [0.2, 0.25) is 0 Å². The molecule has 1 N–H and O–H groups in total. The van der Waals surface area contributed by atoms with Crippen molar-refractivity contribution in [1.29, 1.82) is 0 Å². The molecule has 0 aliphatic heterocycles. The first kappa shape index (κ1) is 6.31. The summed E-state index contributed by atoms with van der Waals surface area (Å²) in [6.45, 7) is 2.28. The fourth-order valence-corrected chi connectivity index (χ4v) is 0.224.